The van der Waals surface area contributed by atoms with Crippen molar-refractivity contribution in [1.82, 2.24) is 5.32 Å². The number of ether oxygens (including phenoxy) is 1. The lowest BCUT2D eigenvalue weighted by Gasteiger charge is -2.35. The summed E-state index contributed by atoms with van der Waals surface area (Å²) < 4.78 is 79.7. The monoisotopic (exact) mass is 461 g/mol. The molecular formula is C23H25F6NO2. The van der Waals surface area contributed by atoms with E-state index in [9.17, 15) is 31.1 Å². The van der Waals surface area contributed by atoms with Gasteiger partial charge >= 0.3 is 12.4 Å². The van der Waals surface area contributed by atoms with Gasteiger partial charge in [0.25, 0.3) is 0 Å². The summed E-state index contributed by atoms with van der Waals surface area (Å²) in [5, 5.41) is 2.94. The third-order valence-electron chi connectivity index (χ3n) is 5.25. The van der Waals surface area contributed by atoms with Gasteiger partial charge in [0, 0.05) is 20.1 Å². The number of carbonyl (C=O) groups excluding carboxylic acids is 1. The van der Waals surface area contributed by atoms with Crippen LogP contribution in [0.25, 0.3) is 0 Å². The second-order valence-corrected chi connectivity index (χ2v) is 7.69. The van der Waals surface area contributed by atoms with Crippen LogP contribution in [0.1, 0.15) is 61.0 Å². The molecule has 9 heteroatoms. The summed E-state index contributed by atoms with van der Waals surface area (Å²) >= 11 is 0. The first-order valence-electron chi connectivity index (χ1n) is 9.95. The third-order valence-corrected chi connectivity index (χ3v) is 5.25. The van der Waals surface area contributed by atoms with E-state index in [4.69, 9.17) is 4.74 Å². The lowest BCUT2D eigenvalue weighted by Crippen LogP contribution is -2.42. The van der Waals surface area contributed by atoms with Gasteiger partial charge in [-0.3, -0.25) is 4.79 Å². The number of halogens is 6. The van der Waals surface area contributed by atoms with Crippen LogP contribution >= 0.6 is 0 Å². The lowest BCUT2D eigenvalue weighted by molar-refractivity contribution is -0.143. The molecule has 1 N–H and O–H groups in total. The molecule has 1 amide bonds. The number of carbonyl (C=O) groups is 1. The molecule has 0 heterocycles. The Kier molecular flexibility index (Phi) is 8.34. The first-order valence-corrected chi connectivity index (χ1v) is 9.95. The Bertz CT molecular complexity index is 857. The summed E-state index contributed by atoms with van der Waals surface area (Å²) in [5.74, 6) is 0.731. The molecular weight excluding hydrogens is 436 g/mol. The van der Waals surface area contributed by atoms with E-state index < -0.39 is 29.6 Å². The summed E-state index contributed by atoms with van der Waals surface area (Å²) in [7, 11) is 1.21. The molecule has 176 valence electrons. The van der Waals surface area contributed by atoms with Crippen molar-refractivity contribution < 1.29 is 35.9 Å². The average molecular weight is 461 g/mol. The molecule has 2 aromatic rings. The van der Waals surface area contributed by atoms with Crippen LogP contribution in [0, 0.1) is 0 Å². The number of hydrogen-bond donors (Lipinski definition) is 1. The Morgan fingerprint density at radius 2 is 1.47 bits per heavy atom. The molecule has 3 nitrogen and oxygen atoms in total. The molecule has 0 spiro atoms. The minimum Gasteiger partial charge on any atom is -0.377 e. The Labute approximate surface area is 182 Å². The minimum absolute atomic E-state index is 0.0847. The highest BCUT2D eigenvalue weighted by Crippen LogP contribution is 2.38. The summed E-state index contributed by atoms with van der Waals surface area (Å²) in [6.07, 6.45) is -8.34. The fourth-order valence-corrected chi connectivity index (χ4v) is 3.37. The number of alkyl halides is 6. The van der Waals surface area contributed by atoms with Crippen LogP contribution in [-0.4, -0.2) is 19.1 Å². The zero-order valence-electron chi connectivity index (χ0n) is 17.8. The van der Waals surface area contributed by atoms with Crippen LogP contribution in [0.2, 0.25) is 0 Å². The Morgan fingerprint density at radius 1 is 0.969 bits per heavy atom. The highest BCUT2D eigenvalue weighted by molar-refractivity contribution is 5.73. The van der Waals surface area contributed by atoms with Crippen LogP contribution in [0.3, 0.4) is 0 Å². The van der Waals surface area contributed by atoms with Crippen molar-refractivity contribution in [3.05, 3.63) is 70.8 Å². The van der Waals surface area contributed by atoms with Crippen molar-refractivity contribution in [3.63, 3.8) is 0 Å². The van der Waals surface area contributed by atoms with E-state index >= 15 is 0 Å². The summed E-state index contributed by atoms with van der Waals surface area (Å²) in [4.78, 5) is 10.8. The van der Waals surface area contributed by atoms with Crippen molar-refractivity contribution in [1.29, 1.82) is 0 Å². The Balaban J connectivity index is 0.000000233. The van der Waals surface area contributed by atoms with Crippen LogP contribution in [0.5, 0.6) is 0 Å². The maximum atomic E-state index is 12.5. The first-order chi connectivity index (χ1) is 14.8. The smallest absolute Gasteiger partial charge is 0.377 e. The first kappa shape index (κ1) is 25.7. The molecule has 1 aliphatic carbocycles. The fourth-order valence-electron chi connectivity index (χ4n) is 3.37. The molecule has 2 aromatic carbocycles. The Morgan fingerprint density at radius 3 is 1.88 bits per heavy atom. The van der Waals surface area contributed by atoms with E-state index in [0.717, 1.165) is 12.8 Å². The SMILES string of the molecule is CC(=O)NC1CC(c2ccccc2)C1.CO[C@H](C)c1cc(C(F)(F)F)cc(C(F)(F)F)c1. The van der Waals surface area contributed by atoms with Gasteiger partial charge in [0.2, 0.25) is 5.91 Å². The standard InChI is InChI=1S/C12H15NO.C11H10F6O/c1-9(14)13-12-7-11(8-12)10-5-3-2-4-6-10;1-6(18-2)7-3-8(10(12,13)14)5-9(4-7)11(15,16)17/h2-6,11-12H,7-8H2,1H3,(H,13,14);3-6H,1-2H3/t;6-/m.1/s1. The van der Waals surface area contributed by atoms with Crippen molar-refractivity contribution in [2.45, 2.75) is 57.1 Å². The van der Waals surface area contributed by atoms with E-state index in [1.807, 2.05) is 6.07 Å². The maximum Gasteiger partial charge on any atom is 0.416 e. The van der Waals surface area contributed by atoms with E-state index in [2.05, 4.69) is 29.6 Å². The number of benzene rings is 2. The second kappa shape index (κ2) is 10.4. The lowest BCUT2D eigenvalue weighted by atomic mass is 9.76. The van der Waals surface area contributed by atoms with Crippen molar-refractivity contribution >= 4 is 5.91 Å². The second-order valence-electron chi connectivity index (χ2n) is 7.69. The predicted octanol–water partition coefficient (Wildman–Crippen LogP) is 6.50. The van der Waals surface area contributed by atoms with Crippen molar-refractivity contribution in [2.24, 2.45) is 0 Å². The number of hydrogen-bond acceptors (Lipinski definition) is 2. The topological polar surface area (TPSA) is 38.3 Å². The average Bonchev–Trinajstić information content (AvgIpc) is 2.69. The molecule has 0 aromatic heterocycles. The van der Waals surface area contributed by atoms with Gasteiger partial charge in [0.1, 0.15) is 0 Å². The van der Waals surface area contributed by atoms with Gasteiger partial charge in [0.15, 0.2) is 0 Å². The van der Waals surface area contributed by atoms with Gasteiger partial charge in [0.05, 0.1) is 17.2 Å². The van der Waals surface area contributed by atoms with E-state index in [0.29, 0.717) is 24.1 Å². The molecule has 3 rings (SSSR count). The minimum atomic E-state index is -4.83. The zero-order valence-corrected chi connectivity index (χ0v) is 17.8. The van der Waals surface area contributed by atoms with E-state index in [-0.39, 0.29) is 17.5 Å². The predicted molar refractivity (Wildman–Crippen MR) is 108 cm³/mol. The van der Waals surface area contributed by atoms with Crippen LogP contribution < -0.4 is 5.32 Å². The number of amides is 1. The number of methoxy groups -OCH3 is 1. The molecule has 1 fully saturated rings. The molecule has 0 aliphatic heterocycles. The number of rotatable bonds is 4. The summed E-state index contributed by atoms with van der Waals surface area (Å²) in [6.45, 7) is 2.95. The summed E-state index contributed by atoms with van der Waals surface area (Å²) in [5.41, 5.74) is -1.44. The van der Waals surface area contributed by atoms with Crippen LogP contribution in [-0.2, 0) is 21.9 Å². The highest BCUT2D eigenvalue weighted by Gasteiger charge is 2.37. The zero-order chi connectivity index (χ0) is 24.1. The highest BCUT2D eigenvalue weighted by atomic mass is 19.4. The molecule has 0 saturated heterocycles. The Hall–Kier alpha value is -2.55. The van der Waals surface area contributed by atoms with E-state index in [1.165, 1.54) is 19.6 Å². The van der Waals surface area contributed by atoms with Gasteiger partial charge in [-0.05, 0) is 55.0 Å². The van der Waals surface area contributed by atoms with Gasteiger partial charge in [-0.1, -0.05) is 30.3 Å². The largest absolute Gasteiger partial charge is 0.416 e. The number of nitrogens with one attached hydrogen (secondary N) is 1. The quantitative estimate of drug-likeness (QED) is 0.528. The third kappa shape index (κ3) is 7.25. The van der Waals surface area contributed by atoms with Crippen LogP contribution in [0.15, 0.2) is 48.5 Å². The summed E-state index contributed by atoms with van der Waals surface area (Å²) in [6, 6.07) is 12.3. The van der Waals surface area contributed by atoms with Gasteiger partial charge < -0.3 is 10.1 Å². The normalized spacial score (nSPS) is 19.3. The van der Waals surface area contributed by atoms with E-state index in [1.54, 1.807) is 6.92 Å². The van der Waals surface area contributed by atoms with Gasteiger partial charge in [-0.15, -0.1) is 0 Å². The molecule has 1 aliphatic rings. The van der Waals surface area contributed by atoms with Gasteiger partial charge in [-0.25, -0.2) is 0 Å². The molecule has 1 atom stereocenters. The fraction of sp³-hybridized carbons (Fsp3) is 0.435. The molecule has 0 bridgehead atoms. The molecule has 32 heavy (non-hydrogen) atoms. The molecule has 1 saturated carbocycles. The molecule has 0 radical (unpaired) electrons. The molecule has 0 unspecified atom stereocenters. The van der Waals surface area contributed by atoms with Crippen LogP contribution in [0.4, 0.5) is 26.3 Å². The van der Waals surface area contributed by atoms with Crippen molar-refractivity contribution in [2.75, 3.05) is 7.11 Å². The van der Waals surface area contributed by atoms with Gasteiger partial charge in [-0.2, -0.15) is 26.3 Å². The maximum absolute atomic E-state index is 12.5. The van der Waals surface area contributed by atoms with Crippen molar-refractivity contribution in [3.8, 4) is 0 Å².